The quantitative estimate of drug-likeness (QED) is 0.533. The highest BCUT2D eigenvalue weighted by Gasteiger charge is 2.06. The number of ether oxygens (including phenoxy) is 1. The summed E-state index contributed by atoms with van der Waals surface area (Å²) in [5.74, 6) is -0.201. The van der Waals surface area contributed by atoms with Crippen molar-refractivity contribution in [1.82, 2.24) is 4.98 Å². The van der Waals surface area contributed by atoms with Crippen molar-refractivity contribution in [2.24, 2.45) is 0 Å². The van der Waals surface area contributed by atoms with Gasteiger partial charge in [-0.3, -0.25) is 4.79 Å². The molecular weight excluding hydrogens is 355 g/mol. The summed E-state index contributed by atoms with van der Waals surface area (Å²) in [6.07, 6.45) is 0. The van der Waals surface area contributed by atoms with Gasteiger partial charge in [0.2, 0.25) is 0 Å². The minimum Gasteiger partial charge on any atom is -0.484 e. The first-order chi connectivity index (χ1) is 13.7. The van der Waals surface area contributed by atoms with Gasteiger partial charge in [-0.15, -0.1) is 0 Å². The SMILES string of the molecule is O=C(COc1ccc(F)cc1)Nc1ccc(-c2ccc3ccccc3n2)cc1. The standard InChI is InChI=1S/C23H17FN2O2/c24-18-8-12-20(13-9-18)28-15-23(27)25-19-10-5-17(6-11-19)22-14-7-16-3-1-2-4-21(16)26-22/h1-14H,15H2,(H,25,27). The van der Waals surface area contributed by atoms with Gasteiger partial charge in [-0.1, -0.05) is 36.4 Å². The zero-order valence-electron chi connectivity index (χ0n) is 14.9. The van der Waals surface area contributed by atoms with Gasteiger partial charge in [-0.05, 0) is 48.5 Å². The fourth-order valence-electron chi connectivity index (χ4n) is 2.83. The third-order valence-corrected chi connectivity index (χ3v) is 4.25. The number of carbonyl (C=O) groups is 1. The van der Waals surface area contributed by atoms with Crippen LogP contribution < -0.4 is 10.1 Å². The molecule has 0 bridgehead atoms. The highest BCUT2D eigenvalue weighted by Crippen LogP contribution is 2.22. The molecule has 4 rings (SSSR count). The maximum Gasteiger partial charge on any atom is 0.262 e. The molecule has 28 heavy (non-hydrogen) atoms. The lowest BCUT2D eigenvalue weighted by molar-refractivity contribution is -0.118. The Balaban J connectivity index is 1.39. The van der Waals surface area contributed by atoms with Gasteiger partial charge in [0.15, 0.2) is 6.61 Å². The zero-order chi connectivity index (χ0) is 19.3. The first-order valence-corrected chi connectivity index (χ1v) is 8.82. The van der Waals surface area contributed by atoms with E-state index < -0.39 is 0 Å². The van der Waals surface area contributed by atoms with Crippen LogP contribution in [0.2, 0.25) is 0 Å². The zero-order valence-corrected chi connectivity index (χ0v) is 14.9. The number of halogens is 1. The second-order valence-corrected chi connectivity index (χ2v) is 6.26. The third-order valence-electron chi connectivity index (χ3n) is 4.25. The smallest absolute Gasteiger partial charge is 0.262 e. The second-order valence-electron chi connectivity index (χ2n) is 6.26. The van der Waals surface area contributed by atoms with E-state index >= 15 is 0 Å². The van der Waals surface area contributed by atoms with Crippen LogP contribution in [-0.2, 0) is 4.79 Å². The van der Waals surface area contributed by atoms with Crippen molar-refractivity contribution in [3.8, 4) is 17.0 Å². The van der Waals surface area contributed by atoms with Crippen LogP contribution in [0.3, 0.4) is 0 Å². The highest BCUT2D eigenvalue weighted by atomic mass is 19.1. The Morgan fingerprint density at radius 2 is 1.64 bits per heavy atom. The lowest BCUT2D eigenvalue weighted by Crippen LogP contribution is -2.20. The Morgan fingerprint density at radius 3 is 2.43 bits per heavy atom. The average Bonchev–Trinajstić information content (AvgIpc) is 2.73. The molecule has 0 spiro atoms. The molecule has 1 N–H and O–H groups in total. The number of nitrogens with zero attached hydrogens (tertiary/aromatic N) is 1. The maximum absolute atomic E-state index is 12.9. The van der Waals surface area contributed by atoms with Crippen LogP contribution in [0.1, 0.15) is 0 Å². The number of hydrogen-bond acceptors (Lipinski definition) is 3. The number of para-hydroxylation sites is 1. The number of benzene rings is 3. The first-order valence-electron chi connectivity index (χ1n) is 8.82. The van der Waals surface area contributed by atoms with Crippen molar-refractivity contribution < 1.29 is 13.9 Å². The maximum atomic E-state index is 12.9. The Labute approximate surface area is 161 Å². The molecule has 0 aliphatic rings. The molecule has 1 amide bonds. The fraction of sp³-hybridized carbons (Fsp3) is 0.0435. The summed E-state index contributed by atoms with van der Waals surface area (Å²) in [6, 6.07) is 25.0. The Bertz CT molecular complexity index is 1110. The second kappa shape index (κ2) is 7.88. The Hall–Kier alpha value is -3.73. The normalized spacial score (nSPS) is 10.6. The summed E-state index contributed by atoms with van der Waals surface area (Å²) in [7, 11) is 0. The predicted octanol–water partition coefficient (Wildman–Crippen LogP) is 5.06. The van der Waals surface area contributed by atoms with Gasteiger partial charge in [0, 0.05) is 16.6 Å². The van der Waals surface area contributed by atoms with E-state index in [1.807, 2.05) is 60.7 Å². The van der Waals surface area contributed by atoms with E-state index in [4.69, 9.17) is 4.74 Å². The van der Waals surface area contributed by atoms with Gasteiger partial charge in [-0.2, -0.15) is 0 Å². The molecule has 138 valence electrons. The molecule has 5 heteroatoms. The number of carbonyl (C=O) groups excluding carboxylic acids is 1. The van der Waals surface area contributed by atoms with Crippen molar-refractivity contribution in [1.29, 1.82) is 0 Å². The number of amides is 1. The van der Waals surface area contributed by atoms with Crippen LogP contribution in [0.4, 0.5) is 10.1 Å². The number of pyridine rings is 1. The molecule has 0 aliphatic heterocycles. The van der Waals surface area contributed by atoms with Crippen LogP contribution in [0, 0.1) is 5.82 Å². The van der Waals surface area contributed by atoms with Crippen molar-refractivity contribution in [2.45, 2.75) is 0 Å². The monoisotopic (exact) mass is 372 g/mol. The van der Waals surface area contributed by atoms with Crippen molar-refractivity contribution in [2.75, 3.05) is 11.9 Å². The molecule has 0 aliphatic carbocycles. The van der Waals surface area contributed by atoms with E-state index in [-0.39, 0.29) is 18.3 Å². The summed E-state index contributed by atoms with van der Waals surface area (Å²) in [5.41, 5.74) is 3.44. The first kappa shape index (κ1) is 17.7. The fourth-order valence-corrected chi connectivity index (χ4v) is 2.83. The molecule has 3 aromatic carbocycles. The minimum absolute atomic E-state index is 0.153. The van der Waals surface area contributed by atoms with Gasteiger partial charge in [0.25, 0.3) is 5.91 Å². The molecule has 1 aromatic heterocycles. The molecule has 0 atom stereocenters. The van der Waals surface area contributed by atoms with Gasteiger partial charge in [-0.25, -0.2) is 9.37 Å². The van der Waals surface area contributed by atoms with Crippen LogP contribution in [-0.4, -0.2) is 17.5 Å². The molecule has 0 fully saturated rings. The molecule has 4 aromatic rings. The van der Waals surface area contributed by atoms with Gasteiger partial charge in [0.05, 0.1) is 11.2 Å². The predicted molar refractivity (Wildman–Crippen MR) is 108 cm³/mol. The molecule has 4 nitrogen and oxygen atoms in total. The van der Waals surface area contributed by atoms with Crippen LogP contribution in [0.25, 0.3) is 22.2 Å². The largest absolute Gasteiger partial charge is 0.484 e. The van der Waals surface area contributed by atoms with E-state index in [0.717, 1.165) is 22.2 Å². The van der Waals surface area contributed by atoms with E-state index in [1.54, 1.807) is 0 Å². The van der Waals surface area contributed by atoms with Gasteiger partial charge >= 0.3 is 0 Å². The average molecular weight is 372 g/mol. The summed E-state index contributed by atoms with van der Waals surface area (Å²) in [4.78, 5) is 16.7. The highest BCUT2D eigenvalue weighted by molar-refractivity contribution is 5.92. The van der Waals surface area contributed by atoms with Crippen LogP contribution >= 0.6 is 0 Å². The Kier molecular flexibility index (Phi) is 4.97. The number of fused-ring (bicyclic) bond motifs is 1. The number of anilines is 1. The van der Waals surface area contributed by atoms with Crippen LogP contribution in [0.15, 0.2) is 84.9 Å². The molecule has 0 unspecified atom stereocenters. The summed E-state index contributed by atoms with van der Waals surface area (Å²) < 4.78 is 18.2. The molecular formula is C23H17FN2O2. The molecule has 0 saturated heterocycles. The van der Waals surface area contributed by atoms with E-state index in [1.165, 1.54) is 24.3 Å². The van der Waals surface area contributed by atoms with E-state index in [0.29, 0.717) is 11.4 Å². The number of rotatable bonds is 5. The minimum atomic E-state index is -0.349. The molecule has 0 radical (unpaired) electrons. The Morgan fingerprint density at radius 1 is 0.893 bits per heavy atom. The summed E-state index contributed by atoms with van der Waals surface area (Å²) >= 11 is 0. The number of nitrogens with one attached hydrogen (secondary N) is 1. The number of aromatic nitrogens is 1. The molecule has 1 heterocycles. The summed E-state index contributed by atoms with van der Waals surface area (Å²) in [6.45, 7) is -0.153. The van der Waals surface area contributed by atoms with Crippen molar-refractivity contribution in [3.05, 3.63) is 90.7 Å². The van der Waals surface area contributed by atoms with Crippen molar-refractivity contribution in [3.63, 3.8) is 0 Å². The van der Waals surface area contributed by atoms with Gasteiger partial charge < -0.3 is 10.1 Å². The lowest BCUT2D eigenvalue weighted by atomic mass is 10.1. The topological polar surface area (TPSA) is 51.2 Å². The van der Waals surface area contributed by atoms with Gasteiger partial charge in [0.1, 0.15) is 11.6 Å². The van der Waals surface area contributed by atoms with Crippen molar-refractivity contribution >= 4 is 22.5 Å². The summed E-state index contributed by atoms with van der Waals surface area (Å²) in [5, 5.41) is 3.87. The number of hydrogen-bond donors (Lipinski definition) is 1. The lowest BCUT2D eigenvalue weighted by Gasteiger charge is -2.08. The molecule has 0 saturated carbocycles. The van der Waals surface area contributed by atoms with E-state index in [2.05, 4.69) is 10.3 Å². The third kappa shape index (κ3) is 4.15. The van der Waals surface area contributed by atoms with Crippen LogP contribution in [0.5, 0.6) is 5.75 Å². The van der Waals surface area contributed by atoms with E-state index in [9.17, 15) is 9.18 Å².